The standard InChI is InChI=1S/C108H64N4S3/c1-8-34-95-81(25-1)82-26-2-9-35-96(82)109(95)76-23-16-21-67(57-76)65-19-15-20-66(53-65)69-43-49-104-91(60-69)92-61-70(44-50-105(92)113-104)72-41-47-87-85-29-5-12-38-99(85)112(102(87)62-72)77-24-17-22-68(58-77)73-54-74(56-75(55-73)80-32-18-33-89-88-31-7-14-40-103(88)115-108(80)89)71-42-48-101-90(59-71)86-30-6-13-39-100(86)111(101)79-46-52-107-94(64-79)93-63-78(45-51-106(93)114-107)110-97-36-10-3-27-83(97)84-28-4-11-37-98(84)110/h1-64H. The molecule has 7 heteroatoms. The molecule has 0 bridgehead atoms. The van der Waals surface area contributed by atoms with E-state index in [1.165, 1.54) is 203 Å². The lowest BCUT2D eigenvalue weighted by atomic mass is 9.92. The monoisotopic (exact) mass is 1510 g/mol. The van der Waals surface area contributed by atoms with Crippen molar-refractivity contribution in [3.8, 4) is 89.5 Å². The van der Waals surface area contributed by atoms with Crippen LogP contribution >= 0.6 is 34.0 Å². The van der Waals surface area contributed by atoms with E-state index < -0.39 is 0 Å². The maximum atomic E-state index is 2.49. The lowest BCUT2D eigenvalue weighted by Gasteiger charge is -2.15. The van der Waals surface area contributed by atoms with Gasteiger partial charge in [-0.3, -0.25) is 0 Å². The van der Waals surface area contributed by atoms with Gasteiger partial charge >= 0.3 is 0 Å². The van der Waals surface area contributed by atoms with Gasteiger partial charge in [0.25, 0.3) is 0 Å². The molecule has 534 valence electrons. The Morgan fingerprint density at radius 1 is 0.139 bits per heavy atom. The predicted molar refractivity (Wildman–Crippen MR) is 495 cm³/mol. The summed E-state index contributed by atoms with van der Waals surface area (Å²) in [5.41, 5.74) is 28.3. The molecule has 0 N–H and O–H groups in total. The van der Waals surface area contributed by atoms with E-state index in [1.807, 2.05) is 34.0 Å². The van der Waals surface area contributed by atoms with Crippen molar-refractivity contribution in [3.05, 3.63) is 388 Å². The molecule has 4 nitrogen and oxygen atoms in total. The average Bonchev–Trinajstić information content (AvgIpc) is 1.59. The first-order valence-electron chi connectivity index (χ1n) is 39.3. The van der Waals surface area contributed by atoms with Crippen molar-refractivity contribution >= 4 is 182 Å². The van der Waals surface area contributed by atoms with Gasteiger partial charge in [0, 0.05) is 126 Å². The Hall–Kier alpha value is -14.2. The highest BCUT2D eigenvalue weighted by atomic mass is 32.1. The third-order valence-corrected chi connectivity index (χ3v) is 27.8. The minimum Gasteiger partial charge on any atom is -0.309 e. The van der Waals surface area contributed by atoms with E-state index in [-0.39, 0.29) is 0 Å². The Labute approximate surface area is 672 Å². The molecule has 7 aromatic heterocycles. The molecule has 0 spiro atoms. The molecule has 18 aromatic carbocycles. The van der Waals surface area contributed by atoms with Crippen molar-refractivity contribution in [2.24, 2.45) is 0 Å². The van der Waals surface area contributed by atoms with Crippen molar-refractivity contribution in [1.29, 1.82) is 0 Å². The number of hydrogen-bond acceptors (Lipinski definition) is 3. The zero-order chi connectivity index (χ0) is 75.1. The fraction of sp³-hybridized carbons (Fsp3) is 0. The Kier molecular flexibility index (Phi) is 14.1. The van der Waals surface area contributed by atoms with Crippen LogP contribution in [-0.2, 0) is 0 Å². The maximum Gasteiger partial charge on any atom is 0.0547 e. The third kappa shape index (κ3) is 10.0. The SMILES string of the molecule is c1cc(-c2cccc(-n3c4ccccc4c4ccccc43)c2)cc(-c2ccc3sc4ccc(-c5ccc6c7ccccc7n(-c7cccc(-c8cc(-c9ccc%10c(c9)c9ccccc9n%10-c9ccc%10sc%11ccc(-n%12c%13ccccc%13c%13ccccc%13%12)cc%11c%10c9)cc(-c9cccc%10c9sc9ccccc9%10)c8)c7)c6c5)cc4c3c2)c1. The third-order valence-electron chi connectivity index (χ3n) is 24.3. The molecule has 115 heavy (non-hydrogen) atoms. The van der Waals surface area contributed by atoms with Gasteiger partial charge in [-0.05, 0) is 237 Å². The molecule has 0 unspecified atom stereocenters. The average molecular weight is 1510 g/mol. The molecule has 0 aliphatic heterocycles. The van der Waals surface area contributed by atoms with Crippen molar-refractivity contribution in [3.63, 3.8) is 0 Å². The van der Waals surface area contributed by atoms with E-state index in [1.54, 1.807) is 0 Å². The van der Waals surface area contributed by atoms with E-state index >= 15 is 0 Å². The van der Waals surface area contributed by atoms with E-state index in [9.17, 15) is 0 Å². The summed E-state index contributed by atoms with van der Waals surface area (Å²) in [7, 11) is 0. The van der Waals surface area contributed by atoms with Gasteiger partial charge in [-0.1, -0.05) is 218 Å². The quantitative estimate of drug-likeness (QED) is 0.130. The topological polar surface area (TPSA) is 19.7 Å². The Bertz CT molecular complexity index is 8340. The minimum atomic E-state index is 1.11. The van der Waals surface area contributed by atoms with E-state index in [0.29, 0.717) is 0 Å². The van der Waals surface area contributed by atoms with Gasteiger partial charge in [0.15, 0.2) is 0 Å². The van der Waals surface area contributed by atoms with Crippen molar-refractivity contribution in [2.45, 2.75) is 0 Å². The molecule has 0 saturated heterocycles. The number of hydrogen-bond donors (Lipinski definition) is 0. The highest BCUT2D eigenvalue weighted by Crippen LogP contribution is 2.48. The first-order valence-corrected chi connectivity index (χ1v) is 41.8. The molecule has 25 rings (SSSR count). The number of benzene rings is 18. The van der Waals surface area contributed by atoms with Crippen LogP contribution in [0.4, 0.5) is 0 Å². The molecule has 0 radical (unpaired) electrons. The van der Waals surface area contributed by atoms with Gasteiger partial charge in [0.1, 0.15) is 0 Å². The number of para-hydroxylation sites is 6. The molecule has 0 amide bonds. The van der Waals surface area contributed by atoms with Crippen LogP contribution in [0.15, 0.2) is 388 Å². The zero-order valence-corrected chi connectivity index (χ0v) is 64.4. The fourth-order valence-corrected chi connectivity index (χ4v) is 22.4. The highest BCUT2D eigenvalue weighted by Gasteiger charge is 2.23. The number of thiophene rings is 3. The molecule has 0 fully saturated rings. The Morgan fingerprint density at radius 2 is 0.443 bits per heavy atom. The lowest BCUT2D eigenvalue weighted by Crippen LogP contribution is -1.95. The summed E-state index contributed by atoms with van der Waals surface area (Å²) in [5.74, 6) is 0. The second-order valence-electron chi connectivity index (χ2n) is 30.7. The van der Waals surface area contributed by atoms with Crippen LogP contribution < -0.4 is 0 Å². The van der Waals surface area contributed by atoms with Crippen LogP contribution in [0.5, 0.6) is 0 Å². The zero-order valence-electron chi connectivity index (χ0n) is 62.0. The summed E-state index contributed by atoms with van der Waals surface area (Å²) in [4.78, 5) is 0. The summed E-state index contributed by atoms with van der Waals surface area (Å²) >= 11 is 5.63. The molecular formula is C108H64N4S3. The van der Waals surface area contributed by atoms with Gasteiger partial charge in [0.05, 0.1) is 44.1 Å². The van der Waals surface area contributed by atoms with Crippen LogP contribution in [0.25, 0.3) is 237 Å². The molecule has 7 heterocycles. The van der Waals surface area contributed by atoms with Crippen LogP contribution in [-0.4, -0.2) is 18.3 Å². The number of aromatic nitrogens is 4. The predicted octanol–water partition coefficient (Wildman–Crippen LogP) is 31.2. The Balaban J connectivity index is 0.589. The van der Waals surface area contributed by atoms with Crippen LogP contribution in [0.1, 0.15) is 0 Å². The van der Waals surface area contributed by atoms with Crippen molar-refractivity contribution < 1.29 is 0 Å². The van der Waals surface area contributed by atoms with Crippen LogP contribution in [0, 0.1) is 0 Å². The van der Waals surface area contributed by atoms with Gasteiger partial charge < -0.3 is 18.3 Å². The second kappa shape index (κ2) is 25.2. The smallest absolute Gasteiger partial charge is 0.0547 e. The van der Waals surface area contributed by atoms with Gasteiger partial charge in [-0.2, -0.15) is 0 Å². The molecule has 0 aliphatic carbocycles. The lowest BCUT2D eigenvalue weighted by molar-refractivity contribution is 1.18. The maximum absolute atomic E-state index is 2.49. The summed E-state index contributed by atoms with van der Waals surface area (Å²) in [6.07, 6.45) is 0. The summed E-state index contributed by atoms with van der Waals surface area (Å²) in [5, 5.41) is 17.6. The molecule has 25 aromatic rings. The first kappa shape index (κ1) is 64.5. The minimum absolute atomic E-state index is 1.11. The van der Waals surface area contributed by atoms with Gasteiger partial charge in [-0.25, -0.2) is 0 Å². The number of fused-ring (bicyclic) bond motifs is 21. The van der Waals surface area contributed by atoms with Crippen LogP contribution in [0.3, 0.4) is 0 Å². The molecule has 0 saturated carbocycles. The van der Waals surface area contributed by atoms with Gasteiger partial charge in [0.2, 0.25) is 0 Å². The largest absolute Gasteiger partial charge is 0.309 e. The summed E-state index contributed by atoms with van der Waals surface area (Å²) in [6.45, 7) is 0. The van der Waals surface area contributed by atoms with Gasteiger partial charge in [-0.15, -0.1) is 34.0 Å². The van der Waals surface area contributed by atoms with E-state index in [2.05, 4.69) is 407 Å². The number of nitrogens with zero attached hydrogens (tertiary/aromatic N) is 4. The first-order chi connectivity index (χ1) is 57.0. The number of rotatable bonds is 10. The summed E-state index contributed by atoms with van der Waals surface area (Å²) < 4.78 is 17.5. The second-order valence-corrected chi connectivity index (χ2v) is 33.9. The van der Waals surface area contributed by atoms with Crippen molar-refractivity contribution in [2.75, 3.05) is 0 Å². The molecular weight excluding hydrogens is 1450 g/mol. The molecule has 0 aliphatic rings. The van der Waals surface area contributed by atoms with Crippen LogP contribution in [0.2, 0.25) is 0 Å². The fourth-order valence-electron chi connectivity index (χ4n) is 19.0. The molecule has 0 atom stereocenters. The summed E-state index contributed by atoms with van der Waals surface area (Å²) in [6, 6.07) is 146. The van der Waals surface area contributed by atoms with E-state index in [0.717, 1.165) is 33.8 Å². The highest BCUT2D eigenvalue weighted by molar-refractivity contribution is 7.27. The Morgan fingerprint density at radius 3 is 0.957 bits per heavy atom. The normalized spacial score (nSPS) is 12.2. The van der Waals surface area contributed by atoms with E-state index in [4.69, 9.17) is 0 Å². The van der Waals surface area contributed by atoms with Crippen molar-refractivity contribution in [1.82, 2.24) is 18.3 Å².